The number of aliphatic imine (C=N–C) groups is 1. The minimum absolute atomic E-state index is 0.210. The SMILES string of the molecule is CN=C(NCCCN1CCN(C(=O)OC(C)(C)C)CC1)NCCc1ccc(OC)cc1. The number of hydrogen-bond donors (Lipinski definition) is 2. The highest BCUT2D eigenvalue weighted by Crippen LogP contribution is 2.12. The van der Waals surface area contributed by atoms with Crippen LogP contribution in [0.5, 0.6) is 5.75 Å². The van der Waals surface area contributed by atoms with Crippen LogP contribution in [0.1, 0.15) is 32.8 Å². The van der Waals surface area contributed by atoms with Gasteiger partial charge in [-0.15, -0.1) is 0 Å². The molecule has 1 amide bonds. The van der Waals surface area contributed by atoms with Crippen LogP contribution in [0.15, 0.2) is 29.3 Å². The van der Waals surface area contributed by atoms with Crippen molar-refractivity contribution in [2.24, 2.45) is 4.99 Å². The number of benzene rings is 1. The van der Waals surface area contributed by atoms with Crippen molar-refractivity contribution in [2.45, 2.75) is 39.2 Å². The number of ether oxygens (including phenoxy) is 2. The molecule has 8 nitrogen and oxygen atoms in total. The number of piperazine rings is 1. The van der Waals surface area contributed by atoms with Crippen LogP contribution in [0.25, 0.3) is 0 Å². The maximum Gasteiger partial charge on any atom is 0.410 e. The van der Waals surface area contributed by atoms with Crippen molar-refractivity contribution in [3.63, 3.8) is 0 Å². The van der Waals surface area contributed by atoms with E-state index >= 15 is 0 Å². The first-order valence-electron chi connectivity index (χ1n) is 11.1. The van der Waals surface area contributed by atoms with Crippen LogP contribution in [-0.4, -0.2) is 87.4 Å². The third-order valence-corrected chi connectivity index (χ3v) is 5.06. The Balaban J connectivity index is 1.57. The highest BCUT2D eigenvalue weighted by atomic mass is 16.6. The van der Waals surface area contributed by atoms with Crippen molar-refractivity contribution < 1.29 is 14.3 Å². The minimum Gasteiger partial charge on any atom is -0.497 e. The third-order valence-electron chi connectivity index (χ3n) is 5.06. The lowest BCUT2D eigenvalue weighted by molar-refractivity contribution is 0.0145. The number of carbonyl (C=O) groups excluding carboxylic acids is 1. The molecule has 1 aromatic carbocycles. The molecule has 0 bridgehead atoms. The van der Waals surface area contributed by atoms with E-state index in [4.69, 9.17) is 9.47 Å². The Kier molecular flexibility index (Phi) is 9.91. The molecule has 0 spiro atoms. The molecule has 0 aromatic heterocycles. The molecule has 1 aliphatic rings. The fourth-order valence-electron chi connectivity index (χ4n) is 3.33. The molecule has 1 aromatic rings. The lowest BCUT2D eigenvalue weighted by atomic mass is 10.1. The van der Waals surface area contributed by atoms with Crippen molar-refractivity contribution in [1.29, 1.82) is 0 Å². The van der Waals surface area contributed by atoms with Crippen molar-refractivity contribution in [3.05, 3.63) is 29.8 Å². The highest BCUT2D eigenvalue weighted by molar-refractivity contribution is 5.79. The second-order valence-corrected chi connectivity index (χ2v) is 8.69. The van der Waals surface area contributed by atoms with Gasteiger partial charge in [-0.3, -0.25) is 9.89 Å². The lowest BCUT2D eigenvalue weighted by Crippen LogP contribution is -2.50. The Labute approximate surface area is 187 Å². The normalized spacial score (nSPS) is 15.5. The van der Waals surface area contributed by atoms with E-state index in [1.807, 2.05) is 32.9 Å². The van der Waals surface area contributed by atoms with E-state index in [0.29, 0.717) is 0 Å². The number of methoxy groups -OCH3 is 1. The number of rotatable bonds is 8. The molecule has 1 heterocycles. The van der Waals surface area contributed by atoms with Crippen LogP contribution in [-0.2, 0) is 11.2 Å². The highest BCUT2D eigenvalue weighted by Gasteiger charge is 2.25. The largest absolute Gasteiger partial charge is 0.497 e. The van der Waals surface area contributed by atoms with E-state index in [2.05, 4.69) is 32.7 Å². The van der Waals surface area contributed by atoms with Crippen molar-refractivity contribution >= 4 is 12.1 Å². The molecular formula is C23H39N5O3. The van der Waals surface area contributed by atoms with Gasteiger partial charge in [-0.1, -0.05) is 12.1 Å². The zero-order valence-corrected chi connectivity index (χ0v) is 19.7. The number of hydrogen-bond acceptors (Lipinski definition) is 5. The van der Waals surface area contributed by atoms with Crippen LogP contribution in [0.4, 0.5) is 4.79 Å². The summed E-state index contributed by atoms with van der Waals surface area (Å²) in [6.07, 6.45) is 1.73. The number of carbonyl (C=O) groups is 1. The number of nitrogens with one attached hydrogen (secondary N) is 2. The zero-order valence-electron chi connectivity index (χ0n) is 19.7. The molecule has 1 fully saturated rings. The Hall–Kier alpha value is -2.48. The Morgan fingerprint density at radius 3 is 2.29 bits per heavy atom. The Bertz CT molecular complexity index is 692. The summed E-state index contributed by atoms with van der Waals surface area (Å²) < 4.78 is 10.6. The van der Waals surface area contributed by atoms with Gasteiger partial charge in [-0.2, -0.15) is 0 Å². The van der Waals surface area contributed by atoms with Gasteiger partial charge in [0.1, 0.15) is 11.4 Å². The summed E-state index contributed by atoms with van der Waals surface area (Å²) in [5.41, 5.74) is 0.815. The van der Waals surface area contributed by atoms with E-state index in [9.17, 15) is 4.79 Å². The molecule has 2 rings (SSSR count). The molecule has 8 heteroatoms. The van der Waals surface area contributed by atoms with Crippen LogP contribution in [0, 0.1) is 0 Å². The van der Waals surface area contributed by atoms with Crippen LogP contribution < -0.4 is 15.4 Å². The maximum atomic E-state index is 12.1. The van der Waals surface area contributed by atoms with Gasteiger partial charge in [0.2, 0.25) is 0 Å². The van der Waals surface area contributed by atoms with E-state index in [1.54, 1.807) is 19.1 Å². The molecule has 174 valence electrons. The van der Waals surface area contributed by atoms with Gasteiger partial charge < -0.3 is 25.0 Å². The van der Waals surface area contributed by atoms with Gasteiger partial charge in [0.05, 0.1) is 7.11 Å². The fourth-order valence-corrected chi connectivity index (χ4v) is 3.33. The standard InChI is InChI=1S/C23H39N5O3/c1-23(2,3)31-22(29)28-17-15-27(16-18-28)14-6-12-25-21(24-4)26-13-11-19-7-9-20(30-5)10-8-19/h7-10H,6,11-18H2,1-5H3,(H2,24,25,26). The van der Waals surface area contributed by atoms with Gasteiger partial charge in [0, 0.05) is 46.3 Å². The van der Waals surface area contributed by atoms with Gasteiger partial charge in [-0.25, -0.2) is 4.79 Å². The predicted molar refractivity (Wildman–Crippen MR) is 125 cm³/mol. The van der Waals surface area contributed by atoms with E-state index in [-0.39, 0.29) is 6.09 Å². The second-order valence-electron chi connectivity index (χ2n) is 8.69. The first-order chi connectivity index (χ1) is 14.8. The molecule has 1 aliphatic heterocycles. The maximum absolute atomic E-state index is 12.1. The number of guanidine groups is 1. The molecular weight excluding hydrogens is 394 g/mol. The van der Waals surface area contributed by atoms with Gasteiger partial charge in [0.25, 0.3) is 0 Å². The average Bonchev–Trinajstić information content (AvgIpc) is 2.75. The topological polar surface area (TPSA) is 78.4 Å². The smallest absolute Gasteiger partial charge is 0.410 e. The summed E-state index contributed by atoms with van der Waals surface area (Å²) in [7, 11) is 3.47. The molecule has 0 aliphatic carbocycles. The summed E-state index contributed by atoms with van der Waals surface area (Å²) in [6.45, 7) is 11.6. The Morgan fingerprint density at radius 2 is 1.71 bits per heavy atom. The van der Waals surface area contributed by atoms with Crippen molar-refractivity contribution in [3.8, 4) is 5.75 Å². The van der Waals surface area contributed by atoms with Gasteiger partial charge >= 0.3 is 6.09 Å². The molecule has 0 unspecified atom stereocenters. The van der Waals surface area contributed by atoms with E-state index in [0.717, 1.165) is 70.4 Å². The predicted octanol–water partition coefficient (Wildman–Crippen LogP) is 2.35. The van der Waals surface area contributed by atoms with Gasteiger partial charge in [0.15, 0.2) is 5.96 Å². The molecule has 0 radical (unpaired) electrons. The number of nitrogens with zero attached hydrogens (tertiary/aromatic N) is 3. The van der Waals surface area contributed by atoms with Crippen LogP contribution in [0.3, 0.4) is 0 Å². The van der Waals surface area contributed by atoms with E-state index in [1.165, 1.54) is 5.56 Å². The van der Waals surface area contributed by atoms with Crippen molar-refractivity contribution in [2.75, 3.05) is 60.0 Å². The molecule has 1 saturated heterocycles. The van der Waals surface area contributed by atoms with Gasteiger partial charge in [-0.05, 0) is 57.9 Å². The summed E-state index contributed by atoms with van der Waals surface area (Å²) in [5.74, 6) is 1.70. The molecule has 31 heavy (non-hydrogen) atoms. The average molecular weight is 434 g/mol. The summed E-state index contributed by atoms with van der Waals surface area (Å²) >= 11 is 0. The summed E-state index contributed by atoms with van der Waals surface area (Å²) in [4.78, 5) is 20.6. The monoisotopic (exact) mass is 433 g/mol. The van der Waals surface area contributed by atoms with Crippen LogP contribution in [0.2, 0.25) is 0 Å². The third kappa shape index (κ3) is 9.46. The summed E-state index contributed by atoms with van der Waals surface area (Å²) in [5, 5.41) is 6.73. The Morgan fingerprint density at radius 1 is 1.06 bits per heavy atom. The zero-order chi connectivity index (χ0) is 22.7. The fraction of sp³-hybridized carbons (Fsp3) is 0.652. The number of amides is 1. The minimum atomic E-state index is -0.443. The first kappa shape index (κ1) is 24.8. The summed E-state index contributed by atoms with van der Waals surface area (Å²) in [6, 6.07) is 8.13. The van der Waals surface area contributed by atoms with Crippen molar-refractivity contribution in [1.82, 2.24) is 20.4 Å². The van der Waals surface area contributed by atoms with Crippen LogP contribution >= 0.6 is 0 Å². The first-order valence-corrected chi connectivity index (χ1v) is 11.1. The van der Waals surface area contributed by atoms with E-state index < -0.39 is 5.60 Å². The molecule has 0 atom stereocenters. The second kappa shape index (κ2) is 12.4. The quantitative estimate of drug-likeness (QED) is 0.372. The lowest BCUT2D eigenvalue weighted by Gasteiger charge is -2.35. The molecule has 2 N–H and O–H groups in total. The molecule has 0 saturated carbocycles.